The summed E-state index contributed by atoms with van der Waals surface area (Å²) in [6.45, 7) is 5.66. The van der Waals surface area contributed by atoms with Crippen molar-refractivity contribution in [3.05, 3.63) is 39.8 Å². The van der Waals surface area contributed by atoms with Crippen LogP contribution in [0.5, 0.6) is 0 Å². The standard InChI is InChI=1S/C16H22N4O3S2.ClH/c1-10(2)20(4)25(22,23)12-6-5-11(3)13(7-12)19-16(21)14-9-24-15(8-17)18-14;/h5-7,9-10H,8,17H2,1-4H3,(H,19,21);1H. The largest absolute Gasteiger partial charge is 0.325 e. The fraction of sp³-hybridized carbons (Fsp3) is 0.375. The molecule has 0 radical (unpaired) electrons. The molecule has 1 aromatic heterocycles. The predicted molar refractivity (Wildman–Crippen MR) is 106 cm³/mol. The molecule has 1 aromatic carbocycles. The number of anilines is 1. The van der Waals surface area contributed by atoms with Crippen LogP contribution in [0.25, 0.3) is 0 Å². The van der Waals surface area contributed by atoms with Crippen molar-refractivity contribution in [1.29, 1.82) is 0 Å². The Hall–Kier alpha value is -1.52. The number of benzene rings is 1. The third kappa shape index (κ3) is 4.80. The number of halogens is 1. The summed E-state index contributed by atoms with van der Waals surface area (Å²) in [4.78, 5) is 16.6. The lowest BCUT2D eigenvalue weighted by Crippen LogP contribution is -2.33. The quantitative estimate of drug-likeness (QED) is 0.750. The Kier molecular flexibility index (Phi) is 7.72. The van der Waals surface area contributed by atoms with E-state index in [2.05, 4.69) is 10.3 Å². The number of aryl methyl sites for hydroxylation is 1. The number of hydrogen-bond acceptors (Lipinski definition) is 6. The number of carbonyl (C=O) groups excluding carboxylic acids is 1. The van der Waals surface area contributed by atoms with Crippen LogP contribution >= 0.6 is 23.7 Å². The number of nitrogens with one attached hydrogen (secondary N) is 1. The first kappa shape index (κ1) is 22.5. The highest BCUT2D eigenvalue weighted by Gasteiger charge is 2.24. The van der Waals surface area contributed by atoms with Gasteiger partial charge in [-0.15, -0.1) is 23.7 Å². The Morgan fingerprint density at radius 2 is 2.04 bits per heavy atom. The van der Waals surface area contributed by atoms with Crippen molar-refractivity contribution in [3.8, 4) is 0 Å². The molecule has 2 rings (SSSR count). The first-order valence-electron chi connectivity index (χ1n) is 7.71. The van der Waals surface area contributed by atoms with Gasteiger partial charge in [0.15, 0.2) is 0 Å². The normalized spacial score (nSPS) is 11.5. The van der Waals surface area contributed by atoms with E-state index < -0.39 is 15.9 Å². The molecule has 0 atom stereocenters. The van der Waals surface area contributed by atoms with Gasteiger partial charge in [-0.2, -0.15) is 4.31 Å². The minimum atomic E-state index is -3.63. The molecule has 0 fully saturated rings. The zero-order chi connectivity index (χ0) is 18.8. The average molecular weight is 419 g/mol. The lowest BCUT2D eigenvalue weighted by Gasteiger charge is -2.21. The van der Waals surface area contributed by atoms with Gasteiger partial charge in [0.05, 0.1) is 4.90 Å². The van der Waals surface area contributed by atoms with E-state index in [4.69, 9.17) is 5.73 Å². The molecule has 0 bridgehead atoms. The highest BCUT2D eigenvalue weighted by molar-refractivity contribution is 7.89. The second-order valence-corrected chi connectivity index (χ2v) is 8.82. The molecular weight excluding hydrogens is 396 g/mol. The molecule has 0 aliphatic rings. The van der Waals surface area contributed by atoms with Crippen molar-refractivity contribution in [2.45, 2.75) is 38.3 Å². The predicted octanol–water partition coefficient (Wildman–Crippen LogP) is 2.61. The molecule has 2 aromatic rings. The monoisotopic (exact) mass is 418 g/mol. The third-order valence-corrected chi connectivity index (χ3v) is 6.72. The Morgan fingerprint density at radius 3 is 2.58 bits per heavy atom. The maximum absolute atomic E-state index is 12.6. The minimum Gasteiger partial charge on any atom is -0.325 e. The van der Waals surface area contributed by atoms with Crippen molar-refractivity contribution in [1.82, 2.24) is 9.29 Å². The number of sulfonamides is 1. The molecule has 0 saturated carbocycles. The van der Waals surface area contributed by atoms with E-state index in [1.54, 1.807) is 32.2 Å². The van der Waals surface area contributed by atoms with Crippen molar-refractivity contribution < 1.29 is 13.2 Å². The van der Waals surface area contributed by atoms with Crippen LogP contribution in [-0.4, -0.2) is 36.7 Å². The van der Waals surface area contributed by atoms with E-state index in [0.717, 1.165) is 5.56 Å². The number of amides is 1. The van der Waals surface area contributed by atoms with Gasteiger partial charge in [0, 0.05) is 30.7 Å². The van der Waals surface area contributed by atoms with Crippen LogP contribution in [0.2, 0.25) is 0 Å². The van der Waals surface area contributed by atoms with Gasteiger partial charge in [0.25, 0.3) is 5.91 Å². The Morgan fingerprint density at radius 1 is 1.38 bits per heavy atom. The summed E-state index contributed by atoms with van der Waals surface area (Å²) in [7, 11) is -2.10. The summed E-state index contributed by atoms with van der Waals surface area (Å²) in [6, 6.07) is 4.50. The van der Waals surface area contributed by atoms with Gasteiger partial charge >= 0.3 is 0 Å². The molecule has 26 heavy (non-hydrogen) atoms. The van der Waals surface area contributed by atoms with Crippen LogP contribution in [0.4, 0.5) is 5.69 Å². The van der Waals surface area contributed by atoms with Gasteiger partial charge in [0.1, 0.15) is 10.7 Å². The zero-order valence-electron chi connectivity index (χ0n) is 15.0. The molecule has 0 saturated heterocycles. The van der Waals surface area contributed by atoms with Crippen molar-refractivity contribution >= 4 is 45.4 Å². The minimum absolute atomic E-state index is 0. The molecule has 1 heterocycles. The summed E-state index contributed by atoms with van der Waals surface area (Å²) in [5.41, 5.74) is 6.96. The first-order chi connectivity index (χ1) is 11.7. The summed E-state index contributed by atoms with van der Waals surface area (Å²) in [5, 5.41) is 5.01. The molecule has 0 spiro atoms. The molecule has 0 aliphatic heterocycles. The van der Waals surface area contributed by atoms with Gasteiger partial charge in [-0.3, -0.25) is 4.79 Å². The summed E-state index contributed by atoms with van der Waals surface area (Å²) in [6.07, 6.45) is 0. The molecule has 0 unspecified atom stereocenters. The van der Waals surface area contributed by atoms with Crippen LogP contribution in [0.15, 0.2) is 28.5 Å². The summed E-state index contributed by atoms with van der Waals surface area (Å²) in [5.74, 6) is -0.397. The summed E-state index contributed by atoms with van der Waals surface area (Å²) < 4.78 is 26.5. The van der Waals surface area contributed by atoms with Crippen LogP contribution in [-0.2, 0) is 16.6 Å². The first-order valence-corrected chi connectivity index (χ1v) is 10.0. The Labute approximate surface area is 164 Å². The third-order valence-electron chi connectivity index (χ3n) is 3.82. The molecule has 7 nitrogen and oxygen atoms in total. The lowest BCUT2D eigenvalue weighted by molar-refractivity contribution is 0.102. The fourth-order valence-corrected chi connectivity index (χ4v) is 4.08. The number of aromatic nitrogens is 1. The van der Waals surface area contributed by atoms with Gasteiger partial charge in [-0.05, 0) is 38.5 Å². The van der Waals surface area contributed by atoms with Crippen LogP contribution < -0.4 is 11.1 Å². The average Bonchev–Trinajstić information content (AvgIpc) is 3.05. The number of nitrogens with two attached hydrogens (primary N) is 1. The number of thiazole rings is 1. The number of hydrogen-bond donors (Lipinski definition) is 2. The SMILES string of the molecule is Cc1ccc(S(=O)(=O)N(C)C(C)C)cc1NC(=O)c1csc(CN)n1.Cl. The molecule has 1 amide bonds. The van der Waals surface area contributed by atoms with E-state index in [0.29, 0.717) is 10.7 Å². The van der Waals surface area contributed by atoms with E-state index in [1.807, 2.05) is 0 Å². The highest BCUT2D eigenvalue weighted by atomic mass is 35.5. The smallest absolute Gasteiger partial charge is 0.275 e. The second-order valence-electron chi connectivity index (χ2n) is 5.88. The van der Waals surface area contributed by atoms with Crippen LogP contribution in [0, 0.1) is 6.92 Å². The molecule has 10 heteroatoms. The molecule has 0 aliphatic carbocycles. The summed E-state index contributed by atoms with van der Waals surface area (Å²) >= 11 is 1.31. The maximum Gasteiger partial charge on any atom is 0.275 e. The van der Waals surface area contributed by atoms with E-state index >= 15 is 0 Å². The topological polar surface area (TPSA) is 105 Å². The Bertz CT molecular complexity index is 881. The Balaban J connectivity index is 0.00000338. The van der Waals surface area contributed by atoms with Crippen molar-refractivity contribution in [3.63, 3.8) is 0 Å². The highest BCUT2D eigenvalue weighted by Crippen LogP contribution is 2.24. The van der Waals surface area contributed by atoms with Crippen LogP contribution in [0.1, 0.15) is 34.9 Å². The van der Waals surface area contributed by atoms with E-state index in [9.17, 15) is 13.2 Å². The lowest BCUT2D eigenvalue weighted by atomic mass is 10.2. The molecule has 3 N–H and O–H groups in total. The second kappa shape index (κ2) is 8.92. The van der Waals surface area contributed by atoms with Crippen LogP contribution in [0.3, 0.4) is 0 Å². The molecular formula is C16H23ClN4O3S2. The molecule has 144 valence electrons. The van der Waals surface area contributed by atoms with Crippen molar-refractivity contribution in [2.24, 2.45) is 5.73 Å². The fourth-order valence-electron chi connectivity index (χ4n) is 2.04. The number of rotatable bonds is 6. The van der Waals surface area contributed by atoms with Gasteiger partial charge in [-0.1, -0.05) is 6.07 Å². The number of nitrogens with zero attached hydrogens (tertiary/aromatic N) is 2. The number of carbonyl (C=O) groups is 1. The van der Waals surface area contributed by atoms with Gasteiger partial charge in [-0.25, -0.2) is 13.4 Å². The van der Waals surface area contributed by atoms with Gasteiger partial charge in [0.2, 0.25) is 10.0 Å². The van der Waals surface area contributed by atoms with E-state index in [-0.39, 0.29) is 35.6 Å². The maximum atomic E-state index is 12.6. The van der Waals surface area contributed by atoms with E-state index in [1.165, 1.54) is 34.8 Å². The van der Waals surface area contributed by atoms with Crippen molar-refractivity contribution in [2.75, 3.05) is 12.4 Å². The zero-order valence-corrected chi connectivity index (χ0v) is 17.5. The van der Waals surface area contributed by atoms with Gasteiger partial charge < -0.3 is 11.1 Å².